The standard InChI is InChI=1S/C15H24ClN/c1-3-5-10-14(8-4-2)17-12-13-9-6-7-11-15(13)16/h6-7,9,11,14,17H,3-5,8,10,12H2,1-2H3. The summed E-state index contributed by atoms with van der Waals surface area (Å²) in [4.78, 5) is 0. The third-order valence-corrected chi connectivity index (χ3v) is 3.45. The smallest absolute Gasteiger partial charge is 0.0450 e. The van der Waals surface area contributed by atoms with Gasteiger partial charge in [-0.25, -0.2) is 0 Å². The van der Waals surface area contributed by atoms with Crippen LogP contribution < -0.4 is 5.32 Å². The molecule has 0 saturated carbocycles. The van der Waals surface area contributed by atoms with Crippen molar-refractivity contribution in [1.29, 1.82) is 0 Å². The number of hydrogen-bond acceptors (Lipinski definition) is 1. The first-order valence-corrected chi connectivity index (χ1v) is 7.12. The molecule has 1 N–H and O–H groups in total. The summed E-state index contributed by atoms with van der Waals surface area (Å²) in [7, 11) is 0. The van der Waals surface area contributed by atoms with E-state index < -0.39 is 0 Å². The summed E-state index contributed by atoms with van der Waals surface area (Å²) in [5.41, 5.74) is 1.20. The Morgan fingerprint density at radius 1 is 1.12 bits per heavy atom. The number of rotatable bonds is 8. The molecule has 0 fully saturated rings. The molecule has 0 spiro atoms. The molecular formula is C15H24ClN. The van der Waals surface area contributed by atoms with Crippen LogP contribution in [0.25, 0.3) is 0 Å². The third-order valence-electron chi connectivity index (χ3n) is 3.08. The molecule has 0 aliphatic carbocycles. The number of hydrogen-bond donors (Lipinski definition) is 1. The van der Waals surface area contributed by atoms with Gasteiger partial charge in [0.1, 0.15) is 0 Å². The Hall–Kier alpha value is -0.530. The molecule has 0 aliphatic heterocycles. The Morgan fingerprint density at radius 2 is 1.88 bits per heavy atom. The fraction of sp³-hybridized carbons (Fsp3) is 0.600. The van der Waals surface area contributed by atoms with E-state index in [9.17, 15) is 0 Å². The van der Waals surface area contributed by atoms with E-state index in [-0.39, 0.29) is 0 Å². The summed E-state index contributed by atoms with van der Waals surface area (Å²) in [5.74, 6) is 0. The number of halogens is 1. The molecule has 1 rings (SSSR count). The lowest BCUT2D eigenvalue weighted by Crippen LogP contribution is -2.28. The second kappa shape index (κ2) is 8.54. The molecule has 0 bridgehead atoms. The highest BCUT2D eigenvalue weighted by Crippen LogP contribution is 2.15. The average molecular weight is 254 g/mol. The molecule has 1 unspecified atom stereocenters. The molecule has 2 heteroatoms. The first-order valence-electron chi connectivity index (χ1n) is 6.74. The zero-order valence-electron chi connectivity index (χ0n) is 11.0. The van der Waals surface area contributed by atoms with Crippen molar-refractivity contribution in [2.45, 2.75) is 58.5 Å². The van der Waals surface area contributed by atoms with Crippen LogP contribution in [0, 0.1) is 0 Å². The van der Waals surface area contributed by atoms with Crippen molar-refractivity contribution in [3.63, 3.8) is 0 Å². The van der Waals surface area contributed by atoms with E-state index in [1.807, 2.05) is 18.2 Å². The minimum atomic E-state index is 0.635. The second-order valence-corrected chi connectivity index (χ2v) is 5.01. The van der Waals surface area contributed by atoms with Crippen LogP contribution in [0.3, 0.4) is 0 Å². The van der Waals surface area contributed by atoms with Crippen LogP contribution in [-0.2, 0) is 6.54 Å². The maximum atomic E-state index is 6.15. The molecule has 0 heterocycles. The summed E-state index contributed by atoms with van der Waals surface area (Å²) in [6, 6.07) is 8.71. The lowest BCUT2D eigenvalue weighted by atomic mass is 10.0. The highest BCUT2D eigenvalue weighted by atomic mass is 35.5. The minimum absolute atomic E-state index is 0.635. The number of nitrogens with one attached hydrogen (secondary N) is 1. The Balaban J connectivity index is 2.42. The second-order valence-electron chi connectivity index (χ2n) is 4.60. The highest BCUT2D eigenvalue weighted by molar-refractivity contribution is 6.31. The SMILES string of the molecule is CCCCC(CCC)NCc1ccccc1Cl. The van der Waals surface area contributed by atoms with Gasteiger partial charge in [-0.15, -0.1) is 0 Å². The summed E-state index contributed by atoms with van der Waals surface area (Å²) >= 11 is 6.15. The van der Waals surface area contributed by atoms with Gasteiger partial charge in [0.25, 0.3) is 0 Å². The number of benzene rings is 1. The Bertz CT molecular complexity index is 312. The Labute approximate surface area is 111 Å². The van der Waals surface area contributed by atoms with E-state index in [1.165, 1.54) is 37.7 Å². The zero-order chi connectivity index (χ0) is 12.5. The van der Waals surface area contributed by atoms with E-state index in [4.69, 9.17) is 11.6 Å². The van der Waals surface area contributed by atoms with Gasteiger partial charge in [-0.2, -0.15) is 0 Å². The highest BCUT2D eigenvalue weighted by Gasteiger charge is 2.07. The third kappa shape index (κ3) is 5.56. The molecule has 0 radical (unpaired) electrons. The van der Waals surface area contributed by atoms with Gasteiger partial charge < -0.3 is 5.32 Å². The van der Waals surface area contributed by atoms with E-state index in [1.54, 1.807) is 0 Å². The molecule has 0 aliphatic rings. The quantitative estimate of drug-likeness (QED) is 0.703. The predicted molar refractivity (Wildman–Crippen MR) is 76.5 cm³/mol. The van der Waals surface area contributed by atoms with E-state index in [0.717, 1.165) is 11.6 Å². The summed E-state index contributed by atoms with van der Waals surface area (Å²) in [6.07, 6.45) is 6.34. The summed E-state index contributed by atoms with van der Waals surface area (Å²) in [5, 5.41) is 4.49. The number of unbranched alkanes of at least 4 members (excludes halogenated alkanes) is 1. The van der Waals surface area contributed by atoms with Crippen LogP contribution in [0.2, 0.25) is 5.02 Å². The van der Waals surface area contributed by atoms with Crippen LogP contribution in [-0.4, -0.2) is 6.04 Å². The summed E-state index contributed by atoms with van der Waals surface area (Å²) in [6.45, 7) is 5.38. The Kier molecular flexibility index (Phi) is 7.30. The monoisotopic (exact) mass is 253 g/mol. The van der Waals surface area contributed by atoms with E-state index in [2.05, 4.69) is 25.2 Å². The van der Waals surface area contributed by atoms with Crippen molar-refractivity contribution in [1.82, 2.24) is 5.32 Å². The van der Waals surface area contributed by atoms with Crippen molar-refractivity contribution in [2.24, 2.45) is 0 Å². The van der Waals surface area contributed by atoms with Gasteiger partial charge in [-0.1, -0.05) is 62.9 Å². The first-order chi connectivity index (χ1) is 8.27. The topological polar surface area (TPSA) is 12.0 Å². The van der Waals surface area contributed by atoms with Crippen LogP contribution >= 0.6 is 11.6 Å². The lowest BCUT2D eigenvalue weighted by Gasteiger charge is -2.18. The predicted octanol–water partition coefficient (Wildman–Crippen LogP) is 4.79. The van der Waals surface area contributed by atoms with Crippen LogP contribution in [0.15, 0.2) is 24.3 Å². The lowest BCUT2D eigenvalue weighted by molar-refractivity contribution is 0.434. The van der Waals surface area contributed by atoms with Crippen molar-refractivity contribution in [3.05, 3.63) is 34.9 Å². The largest absolute Gasteiger partial charge is 0.310 e. The maximum absolute atomic E-state index is 6.15. The van der Waals surface area contributed by atoms with Gasteiger partial charge in [0, 0.05) is 17.6 Å². The van der Waals surface area contributed by atoms with Gasteiger partial charge in [0.15, 0.2) is 0 Å². The van der Waals surface area contributed by atoms with Gasteiger partial charge in [0.2, 0.25) is 0 Å². The molecule has 1 aromatic carbocycles. The Morgan fingerprint density at radius 3 is 2.53 bits per heavy atom. The van der Waals surface area contributed by atoms with Crippen molar-refractivity contribution in [3.8, 4) is 0 Å². The molecule has 0 saturated heterocycles. The fourth-order valence-electron chi connectivity index (χ4n) is 2.04. The van der Waals surface area contributed by atoms with Crippen LogP contribution in [0.1, 0.15) is 51.5 Å². The maximum Gasteiger partial charge on any atom is 0.0450 e. The van der Waals surface area contributed by atoms with E-state index in [0.29, 0.717) is 6.04 Å². The molecule has 0 amide bonds. The van der Waals surface area contributed by atoms with Gasteiger partial charge in [0.05, 0.1) is 0 Å². The van der Waals surface area contributed by atoms with Gasteiger partial charge in [-0.05, 0) is 24.5 Å². The molecular weight excluding hydrogens is 230 g/mol. The molecule has 96 valence electrons. The minimum Gasteiger partial charge on any atom is -0.310 e. The molecule has 0 aromatic heterocycles. The van der Waals surface area contributed by atoms with Crippen molar-refractivity contribution in [2.75, 3.05) is 0 Å². The zero-order valence-corrected chi connectivity index (χ0v) is 11.8. The summed E-state index contributed by atoms with van der Waals surface area (Å²) < 4.78 is 0. The van der Waals surface area contributed by atoms with Gasteiger partial charge in [-0.3, -0.25) is 0 Å². The molecule has 17 heavy (non-hydrogen) atoms. The van der Waals surface area contributed by atoms with Crippen LogP contribution in [0.4, 0.5) is 0 Å². The van der Waals surface area contributed by atoms with Gasteiger partial charge >= 0.3 is 0 Å². The first kappa shape index (κ1) is 14.5. The molecule has 1 nitrogen and oxygen atoms in total. The van der Waals surface area contributed by atoms with Crippen LogP contribution in [0.5, 0.6) is 0 Å². The normalized spacial score (nSPS) is 12.6. The van der Waals surface area contributed by atoms with Crippen molar-refractivity contribution >= 4 is 11.6 Å². The average Bonchev–Trinajstić information content (AvgIpc) is 2.34. The molecule has 1 atom stereocenters. The molecule has 1 aromatic rings. The van der Waals surface area contributed by atoms with Crippen molar-refractivity contribution < 1.29 is 0 Å². The fourth-order valence-corrected chi connectivity index (χ4v) is 2.25. The van der Waals surface area contributed by atoms with E-state index >= 15 is 0 Å².